The molecule has 1 N–H and O–H groups in total. The number of imidazole rings is 1. The number of aromatic nitrogens is 2. The number of carbonyl (C=O) groups excluding carboxylic acids is 1. The molecule has 162 valence electrons. The Bertz CT molecular complexity index is 1020. The lowest BCUT2D eigenvalue weighted by Crippen LogP contribution is -2.24. The lowest BCUT2D eigenvalue weighted by atomic mass is 10.1. The molecule has 0 saturated carbocycles. The number of hydrogen-bond donors (Lipinski definition) is 1. The van der Waals surface area contributed by atoms with Crippen molar-refractivity contribution in [3.8, 4) is 11.3 Å². The van der Waals surface area contributed by atoms with Gasteiger partial charge >= 0.3 is 0 Å². The molecule has 5 nitrogen and oxygen atoms in total. The zero-order valence-electron chi connectivity index (χ0n) is 17.8. The van der Waals surface area contributed by atoms with Gasteiger partial charge in [-0.05, 0) is 43.7 Å². The smallest absolute Gasteiger partial charge is 0.237 e. The molecule has 0 aliphatic carbocycles. The van der Waals surface area contributed by atoms with Crippen LogP contribution >= 0.6 is 23.5 Å². The van der Waals surface area contributed by atoms with Crippen LogP contribution in [-0.4, -0.2) is 39.7 Å². The van der Waals surface area contributed by atoms with Crippen LogP contribution in [0, 0.1) is 0 Å². The number of thioether (sulfide) groups is 2. The molecule has 0 bridgehead atoms. The van der Waals surface area contributed by atoms with Gasteiger partial charge in [0.15, 0.2) is 5.16 Å². The van der Waals surface area contributed by atoms with E-state index in [9.17, 15) is 4.79 Å². The molecule has 0 radical (unpaired) electrons. The summed E-state index contributed by atoms with van der Waals surface area (Å²) in [6.45, 7) is 3.49. The molecule has 7 heteroatoms. The van der Waals surface area contributed by atoms with E-state index in [2.05, 4.69) is 27.0 Å². The summed E-state index contributed by atoms with van der Waals surface area (Å²) in [6.07, 6.45) is 6.25. The fourth-order valence-corrected chi connectivity index (χ4v) is 5.10. The number of ether oxygens (including phenoxy) is 1. The van der Waals surface area contributed by atoms with Gasteiger partial charge in [-0.15, -0.1) is 11.8 Å². The first-order valence-corrected chi connectivity index (χ1v) is 12.6. The van der Waals surface area contributed by atoms with Gasteiger partial charge in [0.25, 0.3) is 0 Å². The molecule has 2 unspecified atom stereocenters. The first kappa shape index (κ1) is 22.0. The van der Waals surface area contributed by atoms with Crippen molar-refractivity contribution in [1.82, 2.24) is 9.55 Å². The molecule has 1 aromatic heterocycles. The molecule has 1 amide bonds. The molecule has 31 heavy (non-hydrogen) atoms. The summed E-state index contributed by atoms with van der Waals surface area (Å²) < 4.78 is 8.09. The molecular weight excluding hydrogens is 426 g/mol. The van der Waals surface area contributed by atoms with Crippen molar-refractivity contribution in [1.29, 1.82) is 0 Å². The van der Waals surface area contributed by atoms with Crippen LogP contribution in [-0.2, 0) is 16.1 Å². The normalized spacial score (nSPS) is 16.9. The number of hydrogen-bond acceptors (Lipinski definition) is 5. The van der Waals surface area contributed by atoms with Crippen molar-refractivity contribution >= 4 is 35.1 Å². The molecule has 2 atom stereocenters. The highest BCUT2D eigenvalue weighted by Crippen LogP contribution is 2.31. The number of nitrogens with one attached hydrogen (secondary N) is 1. The van der Waals surface area contributed by atoms with Gasteiger partial charge in [0, 0.05) is 11.5 Å². The highest BCUT2D eigenvalue weighted by atomic mass is 32.2. The molecule has 1 saturated heterocycles. The Kier molecular flexibility index (Phi) is 7.37. The van der Waals surface area contributed by atoms with E-state index >= 15 is 0 Å². The average Bonchev–Trinajstić information content (AvgIpc) is 3.45. The second-order valence-corrected chi connectivity index (χ2v) is 9.64. The Labute approximate surface area is 192 Å². The summed E-state index contributed by atoms with van der Waals surface area (Å²) in [5, 5.41) is 3.63. The highest BCUT2D eigenvalue weighted by Gasteiger charge is 2.24. The maximum Gasteiger partial charge on any atom is 0.237 e. The van der Waals surface area contributed by atoms with E-state index in [1.165, 1.54) is 11.8 Å². The van der Waals surface area contributed by atoms with E-state index in [-0.39, 0.29) is 17.3 Å². The van der Waals surface area contributed by atoms with Crippen molar-refractivity contribution in [3.05, 3.63) is 60.8 Å². The monoisotopic (exact) mass is 453 g/mol. The summed E-state index contributed by atoms with van der Waals surface area (Å²) in [5.74, 6) is -0.0283. The Morgan fingerprint density at radius 1 is 1.23 bits per heavy atom. The molecule has 3 aromatic rings. The number of anilines is 1. The third-order valence-electron chi connectivity index (χ3n) is 5.31. The molecule has 1 aliphatic rings. The van der Waals surface area contributed by atoms with Crippen LogP contribution in [0.2, 0.25) is 0 Å². The summed E-state index contributed by atoms with van der Waals surface area (Å²) in [5.41, 5.74) is 3.02. The van der Waals surface area contributed by atoms with Gasteiger partial charge in [0.1, 0.15) is 0 Å². The van der Waals surface area contributed by atoms with Crippen molar-refractivity contribution < 1.29 is 9.53 Å². The molecule has 2 aromatic carbocycles. The van der Waals surface area contributed by atoms with Crippen LogP contribution in [0.1, 0.15) is 19.8 Å². The maximum atomic E-state index is 12.9. The first-order chi connectivity index (χ1) is 15.2. The largest absolute Gasteiger partial charge is 0.376 e. The summed E-state index contributed by atoms with van der Waals surface area (Å²) in [7, 11) is 0. The maximum absolute atomic E-state index is 12.9. The van der Waals surface area contributed by atoms with Crippen LogP contribution in [0.4, 0.5) is 5.69 Å². The second kappa shape index (κ2) is 10.4. The van der Waals surface area contributed by atoms with Gasteiger partial charge in [-0.1, -0.05) is 54.2 Å². The number of para-hydroxylation sites is 1. The number of benzene rings is 2. The Morgan fingerprint density at radius 3 is 2.74 bits per heavy atom. The van der Waals surface area contributed by atoms with Crippen LogP contribution < -0.4 is 5.32 Å². The molecule has 1 fully saturated rings. The fraction of sp³-hybridized carbons (Fsp3) is 0.333. The van der Waals surface area contributed by atoms with E-state index in [1.54, 1.807) is 11.8 Å². The molecule has 0 spiro atoms. The highest BCUT2D eigenvalue weighted by molar-refractivity contribution is 8.00. The fourth-order valence-electron chi connectivity index (χ4n) is 3.65. The van der Waals surface area contributed by atoms with E-state index in [0.717, 1.165) is 53.0 Å². The van der Waals surface area contributed by atoms with E-state index < -0.39 is 0 Å². The minimum atomic E-state index is -0.288. The Morgan fingerprint density at radius 2 is 2.00 bits per heavy atom. The van der Waals surface area contributed by atoms with Crippen LogP contribution in [0.15, 0.2) is 70.8 Å². The zero-order chi connectivity index (χ0) is 21.6. The Hall–Kier alpha value is -2.22. The van der Waals surface area contributed by atoms with E-state index in [0.29, 0.717) is 0 Å². The average molecular weight is 454 g/mol. The number of carbonyl (C=O) groups is 1. The van der Waals surface area contributed by atoms with E-state index in [4.69, 9.17) is 4.74 Å². The second-order valence-electron chi connectivity index (χ2n) is 7.49. The predicted molar refractivity (Wildman–Crippen MR) is 129 cm³/mol. The van der Waals surface area contributed by atoms with Gasteiger partial charge in [0.2, 0.25) is 5.91 Å². The third kappa shape index (κ3) is 5.34. The third-order valence-corrected chi connectivity index (χ3v) is 7.22. The molecule has 1 aliphatic heterocycles. The van der Waals surface area contributed by atoms with Gasteiger partial charge < -0.3 is 14.6 Å². The summed E-state index contributed by atoms with van der Waals surface area (Å²) in [6, 6.07) is 18.1. The topological polar surface area (TPSA) is 56.2 Å². The van der Waals surface area contributed by atoms with Gasteiger partial charge in [-0.2, -0.15) is 0 Å². The van der Waals surface area contributed by atoms with Crippen LogP contribution in [0.3, 0.4) is 0 Å². The lowest BCUT2D eigenvalue weighted by Gasteiger charge is -2.18. The number of amides is 1. The minimum Gasteiger partial charge on any atom is -0.376 e. The van der Waals surface area contributed by atoms with Crippen LogP contribution in [0.25, 0.3) is 11.3 Å². The first-order valence-electron chi connectivity index (χ1n) is 10.5. The van der Waals surface area contributed by atoms with Crippen molar-refractivity contribution in [2.24, 2.45) is 0 Å². The minimum absolute atomic E-state index is 0.0283. The summed E-state index contributed by atoms with van der Waals surface area (Å²) in [4.78, 5) is 18.7. The number of nitrogens with zero attached hydrogens (tertiary/aromatic N) is 2. The lowest BCUT2D eigenvalue weighted by molar-refractivity contribution is -0.115. The Balaban J connectivity index is 1.54. The van der Waals surface area contributed by atoms with Crippen molar-refractivity contribution in [3.63, 3.8) is 0 Å². The van der Waals surface area contributed by atoms with Gasteiger partial charge in [0.05, 0.1) is 35.5 Å². The molecule has 4 rings (SSSR count). The van der Waals surface area contributed by atoms with Crippen molar-refractivity contribution in [2.45, 2.75) is 47.7 Å². The number of rotatable bonds is 8. The van der Waals surface area contributed by atoms with Gasteiger partial charge in [-0.3, -0.25) is 4.79 Å². The quantitative estimate of drug-likeness (QED) is 0.452. The zero-order valence-corrected chi connectivity index (χ0v) is 19.4. The molecular formula is C24H27N3O2S2. The molecule has 2 heterocycles. The van der Waals surface area contributed by atoms with Crippen molar-refractivity contribution in [2.75, 3.05) is 18.2 Å². The SMILES string of the molecule is CSc1ccccc1NC(=O)C(C)Sc1ncc(-c2ccccc2)n1CC1CCCO1. The van der Waals surface area contributed by atoms with E-state index in [1.807, 2.05) is 61.8 Å². The summed E-state index contributed by atoms with van der Waals surface area (Å²) >= 11 is 3.11. The predicted octanol–water partition coefficient (Wildman–Crippen LogP) is 5.57. The standard InChI is InChI=1S/C24H27N3O2S2/c1-17(23(28)26-20-12-6-7-13-22(20)30-2)31-24-25-15-21(18-9-4-3-5-10-18)27(24)16-19-11-8-14-29-19/h3-7,9-10,12-13,15,17,19H,8,11,14,16H2,1-2H3,(H,26,28). The van der Waals surface area contributed by atoms with Crippen LogP contribution in [0.5, 0.6) is 0 Å². The van der Waals surface area contributed by atoms with Gasteiger partial charge in [-0.25, -0.2) is 4.98 Å².